The average Bonchev–Trinajstić information content (AvgIpc) is 2.77. The summed E-state index contributed by atoms with van der Waals surface area (Å²) in [6, 6.07) is 4.19. The highest BCUT2D eigenvalue weighted by molar-refractivity contribution is 7.89. The highest BCUT2D eigenvalue weighted by Crippen LogP contribution is 2.44. The number of carbonyl (C=O) groups is 1. The van der Waals surface area contributed by atoms with Crippen molar-refractivity contribution in [2.24, 2.45) is 5.41 Å². The fraction of sp³-hybridized carbons (Fsp3) is 0.500. The molecule has 9 heteroatoms. The van der Waals surface area contributed by atoms with Gasteiger partial charge in [-0.2, -0.15) is 4.31 Å². The molecule has 2 heterocycles. The van der Waals surface area contributed by atoms with Crippen LogP contribution >= 0.6 is 0 Å². The van der Waals surface area contributed by atoms with Crippen molar-refractivity contribution in [1.29, 1.82) is 0 Å². The Bertz CT molecular complexity index is 753. The lowest BCUT2D eigenvalue weighted by Gasteiger charge is -2.41. The molecule has 0 unspecified atom stereocenters. The first-order valence-electron chi connectivity index (χ1n) is 7.07. The molecule has 1 spiro atoms. The van der Waals surface area contributed by atoms with Crippen LogP contribution in [0.25, 0.3) is 0 Å². The van der Waals surface area contributed by atoms with Crippen molar-refractivity contribution in [3.05, 3.63) is 30.1 Å². The van der Waals surface area contributed by atoms with E-state index >= 15 is 0 Å². The molecule has 2 aliphatic heterocycles. The molecule has 1 N–H and O–H groups in total. The Morgan fingerprint density at radius 3 is 2.57 bits per heavy atom. The fourth-order valence-corrected chi connectivity index (χ4v) is 4.83. The van der Waals surface area contributed by atoms with Crippen molar-refractivity contribution in [2.75, 3.05) is 19.6 Å². The van der Waals surface area contributed by atoms with Crippen molar-refractivity contribution in [2.45, 2.75) is 23.7 Å². The van der Waals surface area contributed by atoms with Crippen LogP contribution in [0.2, 0.25) is 0 Å². The van der Waals surface area contributed by atoms with Gasteiger partial charge in [-0.25, -0.2) is 21.6 Å². The lowest BCUT2D eigenvalue weighted by molar-refractivity contribution is -0.142. The van der Waals surface area contributed by atoms with Gasteiger partial charge < -0.3 is 5.32 Å². The molecule has 2 fully saturated rings. The number of amides is 1. The molecule has 2 saturated heterocycles. The van der Waals surface area contributed by atoms with E-state index in [0.717, 1.165) is 18.2 Å². The largest absolute Gasteiger partial charge is 0.356 e. The number of rotatable bonds is 2. The van der Waals surface area contributed by atoms with E-state index in [1.165, 1.54) is 6.07 Å². The summed E-state index contributed by atoms with van der Waals surface area (Å²) in [6.07, 6.45) is -0.530. The van der Waals surface area contributed by atoms with Crippen LogP contribution in [-0.2, 0) is 14.8 Å². The second kappa shape index (κ2) is 5.20. The molecule has 1 aromatic rings. The summed E-state index contributed by atoms with van der Waals surface area (Å²) in [5.74, 6) is -4.65. The van der Waals surface area contributed by atoms with Crippen LogP contribution in [0, 0.1) is 11.2 Å². The minimum absolute atomic E-state index is 0.149. The topological polar surface area (TPSA) is 66.5 Å². The van der Waals surface area contributed by atoms with E-state index in [-0.39, 0.29) is 19.5 Å². The van der Waals surface area contributed by atoms with E-state index in [9.17, 15) is 26.4 Å². The maximum absolute atomic E-state index is 14.1. The van der Waals surface area contributed by atoms with Gasteiger partial charge in [0.15, 0.2) is 0 Å². The van der Waals surface area contributed by atoms with Crippen LogP contribution in [-0.4, -0.2) is 44.2 Å². The molecule has 1 atom stereocenters. The molecular weight excluding hydrogens is 333 g/mol. The number of hydrogen-bond acceptors (Lipinski definition) is 3. The number of alkyl halides is 2. The van der Waals surface area contributed by atoms with E-state index in [0.29, 0.717) is 4.31 Å². The number of halogens is 3. The number of benzene rings is 1. The van der Waals surface area contributed by atoms with Crippen LogP contribution in [0.5, 0.6) is 0 Å². The molecule has 0 bridgehead atoms. The molecule has 0 aliphatic carbocycles. The highest BCUT2D eigenvalue weighted by Gasteiger charge is 2.57. The predicted molar refractivity (Wildman–Crippen MR) is 74.8 cm³/mol. The molecule has 1 amide bonds. The number of piperidine rings is 1. The van der Waals surface area contributed by atoms with Gasteiger partial charge in [-0.1, -0.05) is 6.07 Å². The quantitative estimate of drug-likeness (QED) is 0.878. The summed E-state index contributed by atoms with van der Waals surface area (Å²) in [7, 11) is -4.31. The lowest BCUT2D eigenvalue weighted by Crippen LogP contribution is -2.56. The predicted octanol–water partition coefficient (Wildman–Crippen LogP) is 1.36. The van der Waals surface area contributed by atoms with Gasteiger partial charge in [0.1, 0.15) is 5.82 Å². The average molecular weight is 348 g/mol. The third-order valence-electron chi connectivity index (χ3n) is 4.29. The van der Waals surface area contributed by atoms with Gasteiger partial charge in [0.2, 0.25) is 15.9 Å². The first-order chi connectivity index (χ1) is 10.6. The van der Waals surface area contributed by atoms with Gasteiger partial charge in [0.05, 0.1) is 16.9 Å². The summed E-state index contributed by atoms with van der Waals surface area (Å²) in [6.45, 7) is -1.10. The molecule has 3 rings (SSSR count). The zero-order valence-corrected chi connectivity index (χ0v) is 12.9. The van der Waals surface area contributed by atoms with Gasteiger partial charge in [-0.15, -0.1) is 0 Å². The first-order valence-corrected chi connectivity index (χ1v) is 8.51. The minimum atomic E-state index is -4.31. The normalized spacial score (nSPS) is 28.0. The number of sulfonamides is 1. The third kappa shape index (κ3) is 2.83. The van der Waals surface area contributed by atoms with Crippen molar-refractivity contribution < 1.29 is 26.4 Å². The lowest BCUT2D eigenvalue weighted by atomic mass is 9.78. The second-order valence-electron chi connectivity index (χ2n) is 6.05. The standard InChI is InChI=1S/C14H15F3N2O3S/c15-10-2-1-3-11(6-10)23(21,22)19-8-13(4-5-18-12(13)20)7-14(16,17)9-19/h1-3,6H,4-5,7-9H2,(H,18,20)/t13-/m1/s1. The summed E-state index contributed by atoms with van der Waals surface area (Å²) in [5.41, 5.74) is -1.43. The van der Waals surface area contributed by atoms with Crippen LogP contribution in [0.1, 0.15) is 12.8 Å². The number of hydrogen-bond donors (Lipinski definition) is 1. The Morgan fingerprint density at radius 1 is 1.22 bits per heavy atom. The van der Waals surface area contributed by atoms with Crippen molar-refractivity contribution in [3.8, 4) is 0 Å². The van der Waals surface area contributed by atoms with E-state index in [4.69, 9.17) is 0 Å². The zero-order chi connectivity index (χ0) is 16.9. The summed E-state index contributed by atoms with van der Waals surface area (Å²) in [4.78, 5) is 11.6. The SMILES string of the molecule is O=C1NCC[C@@]12CN(S(=O)(=O)c1cccc(F)c1)CC(F)(F)C2. The van der Waals surface area contributed by atoms with Gasteiger partial charge >= 0.3 is 0 Å². The van der Waals surface area contributed by atoms with Crippen LogP contribution in [0.4, 0.5) is 13.2 Å². The van der Waals surface area contributed by atoms with E-state index in [1.807, 2.05) is 0 Å². The maximum atomic E-state index is 14.1. The molecule has 126 valence electrons. The smallest absolute Gasteiger partial charge is 0.262 e. The van der Waals surface area contributed by atoms with Gasteiger partial charge in [-0.05, 0) is 24.6 Å². The van der Waals surface area contributed by atoms with E-state index < -0.39 is 50.9 Å². The zero-order valence-electron chi connectivity index (χ0n) is 12.1. The Morgan fingerprint density at radius 2 is 1.96 bits per heavy atom. The Labute approximate surface area is 131 Å². The van der Waals surface area contributed by atoms with Gasteiger partial charge in [-0.3, -0.25) is 4.79 Å². The van der Waals surface area contributed by atoms with Gasteiger partial charge in [0.25, 0.3) is 5.92 Å². The van der Waals surface area contributed by atoms with Crippen molar-refractivity contribution in [1.82, 2.24) is 9.62 Å². The molecule has 0 aromatic heterocycles. The van der Waals surface area contributed by atoms with Crippen LogP contribution in [0.3, 0.4) is 0 Å². The van der Waals surface area contributed by atoms with Crippen LogP contribution in [0.15, 0.2) is 29.2 Å². The monoisotopic (exact) mass is 348 g/mol. The third-order valence-corrected chi connectivity index (χ3v) is 6.08. The Balaban J connectivity index is 2.00. The summed E-state index contributed by atoms with van der Waals surface area (Å²) in [5, 5.41) is 2.48. The molecule has 0 saturated carbocycles. The number of carbonyl (C=O) groups excluding carboxylic acids is 1. The molecule has 23 heavy (non-hydrogen) atoms. The van der Waals surface area contributed by atoms with Crippen molar-refractivity contribution >= 4 is 15.9 Å². The van der Waals surface area contributed by atoms with Crippen LogP contribution < -0.4 is 5.32 Å². The minimum Gasteiger partial charge on any atom is -0.356 e. The second-order valence-corrected chi connectivity index (χ2v) is 7.99. The Hall–Kier alpha value is -1.61. The Kier molecular flexibility index (Phi) is 3.68. The molecule has 0 radical (unpaired) electrons. The molecule has 1 aromatic carbocycles. The van der Waals surface area contributed by atoms with Crippen molar-refractivity contribution in [3.63, 3.8) is 0 Å². The number of nitrogens with one attached hydrogen (secondary N) is 1. The summed E-state index contributed by atoms with van der Waals surface area (Å²) < 4.78 is 67.2. The highest BCUT2D eigenvalue weighted by atomic mass is 32.2. The maximum Gasteiger partial charge on any atom is 0.262 e. The van der Waals surface area contributed by atoms with E-state index in [2.05, 4.69) is 5.32 Å². The fourth-order valence-electron chi connectivity index (χ4n) is 3.24. The van der Waals surface area contributed by atoms with Gasteiger partial charge in [0, 0.05) is 19.5 Å². The van der Waals surface area contributed by atoms with E-state index in [1.54, 1.807) is 0 Å². The number of nitrogens with zero attached hydrogens (tertiary/aromatic N) is 1. The summed E-state index contributed by atoms with van der Waals surface area (Å²) >= 11 is 0. The first kappa shape index (κ1) is 16.3. The molecule has 5 nitrogen and oxygen atoms in total. The molecule has 2 aliphatic rings. The molecular formula is C14H15F3N2O3S.